The molecule has 1 aliphatic heterocycles. The van der Waals surface area contributed by atoms with Crippen molar-refractivity contribution in [2.75, 3.05) is 32.8 Å². The lowest BCUT2D eigenvalue weighted by molar-refractivity contribution is 0.0238. The standard InChI is InChI=1S/C19H21ClN2O5/c1-24-16-4-3-13(10-17(16)25-2)22-18(23)12-9-15(20)19(21-11-12)27-14-5-7-26-8-6-14/h3-4,9-11,14H,5-8H2,1-2H3,(H,22,23). The molecule has 0 radical (unpaired) electrons. The number of hydrogen-bond donors (Lipinski definition) is 1. The third-order valence-electron chi connectivity index (χ3n) is 4.16. The molecule has 0 atom stereocenters. The van der Waals surface area contributed by atoms with Crippen LogP contribution in [0.4, 0.5) is 5.69 Å². The molecule has 0 saturated carbocycles. The van der Waals surface area contributed by atoms with E-state index in [1.54, 1.807) is 31.4 Å². The first-order valence-corrected chi connectivity index (χ1v) is 8.92. The van der Waals surface area contributed by atoms with Crippen molar-refractivity contribution in [3.63, 3.8) is 0 Å². The van der Waals surface area contributed by atoms with Gasteiger partial charge in [-0.05, 0) is 18.2 Å². The molecule has 7 nitrogen and oxygen atoms in total. The number of ether oxygens (including phenoxy) is 4. The molecule has 1 saturated heterocycles. The molecule has 1 N–H and O–H groups in total. The van der Waals surface area contributed by atoms with Crippen LogP contribution in [0.25, 0.3) is 0 Å². The maximum atomic E-state index is 12.5. The summed E-state index contributed by atoms with van der Waals surface area (Å²) in [6.45, 7) is 1.32. The van der Waals surface area contributed by atoms with E-state index >= 15 is 0 Å². The number of amides is 1. The Morgan fingerprint density at radius 3 is 2.59 bits per heavy atom. The van der Waals surface area contributed by atoms with Gasteiger partial charge in [-0.3, -0.25) is 4.79 Å². The van der Waals surface area contributed by atoms with Crippen LogP contribution in [-0.4, -0.2) is 44.4 Å². The molecule has 1 aliphatic rings. The van der Waals surface area contributed by atoms with Crippen LogP contribution in [0.5, 0.6) is 17.4 Å². The van der Waals surface area contributed by atoms with Gasteiger partial charge in [0, 0.05) is 30.8 Å². The van der Waals surface area contributed by atoms with Gasteiger partial charge >= 0.3 is 0 Å². The fourth-order valence-electron chi connectivity index (χ4n) is 2.71. The third kappa shape index (κ3) is 4.81. The number of rotatable bonds is 6. The minimum atomic E-state index is -0.339. The van der Waals surface area contributed by atoms with Crippen LogP contribution >= 0.6 is 11.6 Å². The predicted molar refractivity (Wildman–Crippen MR) is 101 cm³/mol. The van der Waals surface area contributed by atoms with Gasteiger partial charge in [0.25, 0.3) is 5.91 Å². The molecule has 8 heteroatoms. The average Bonchev–Trinajstić information content (AvgIpc) is 2.70. The van der Waals surface area contributed by atoms with Gasteiger partial charge < -0.3 is 24.3 Å². The van der Waals surface area contributed by atoms with E-state index in [0.29, 0.717) is 46.9 Å². The van der Waals surface area contributed by atoms with Crippen molar-refractivity contribution < 1.29 is 23.7 Å². The minimum absolute atomic E-state index is 0.0233. The molecule has 3 rings (SSSR count). The van der Waals surface area contributed by atoms with Gasteiger partial charge in [0.1, 0.15) is 11.1 Å². The van der Waals surface area contributed by atoms with Gasteiger partial charge in [0.05, 0.1) is 33.0 Å². The zero-order valence-corrected chi connectivity index (χ0v) is 15.9. The highest BCUT2D eigenvalue weighted by Gasteiger charge is 2.18. The minimum Gasteiger partial charge on any atom is -0.493 e. The molecular formula is C19H21ClN2O5. The number of carbonyl (C=O) groups excluding carboxylic acids is 1. The molecule has 0 spiro atoms. The van der Waals surface area contributed by atoms with Gasteiger partial charge in [-0.1, -0.05) is 11.6 Å². The number of hydrogen-bond acceptors (Lipinski definition) is 6. The van der Waals surface area contributed by atoms with Gasteiger partial charge in [0.2, 0.25) is 5.88 Å². The molecule has 0 bridgehead atoms. The Morgan fingerprint density at radius 2 is 1.93 bits per heavy atom. The van der Waals surface area contributed by atoms with Crippen LogP contribution < -0.4 is 19.5 Å². The summed E-state index contributed by atoms with van der Waals surface area (Å²) in [5, 5.41) is 3.07. The van der Waals surface area contributed by atoms with Crippen molar-refractivity contribution >= 4 is 23.2 Å². The van der Waals surface area contributed by atoms with E-state index < -0.39 is 0 Å². The van der Waals surface area contributed by atoms with Crippen LogP contribution in [0.3, 0.4) is 0 Å². The summed E-state index contributed by atoms with van der Waals surface area (Å²) < 4.78 is 21.5. The highest BCUT2D eigenvalue weighted by Crippen LogP contribution is 2.30. The van der Waals surface area contributed by atoms with Crippen molar-refractivity contribution in [3.05, 3.63) is 41.0 Å². The summed E-state index contributed by atoms with van der Waals surface area (Å²) in [6.07, 6.45) is 3.05. The van der Waals surface area contributed by atoms with Crippen molar-refractivity contribution in [1.82, 2.24) is 4.98 Å². The maximum absolute atomic E-state index is 12.5. The Bertz CT molecular complexity index is 809. The number of anilines is 1. The summed E-state index contributed by atoms with van der Waals surface area (Å²) in [6, 6.07) is 6.65. The van der Waals surface area contributed by atoms with Crippen molar-refractivity contribution in [3.8, 4) is 17.4 Å². The van der Waals surface area contributed by atoms with Crippen LogP contribution in [0.15, 0.2) is 30.5 Å². The molecule has 144 valence electrons. The number of aromatic nitrogens is 1. The normalized spacial score (nSPS) is 14.5. The largest absolute Gasteiger partial charge is 0.493 e. The molecule has 2 aromatic rings. The molecule has 0 unspecified atom stereocenters. The second kappa shape index (κ2) is 8.92. The van der Waals surface area contributed by atoms with E-state index in [1.807, 2.05) is 0 Å². The monoisotopic (exact) mass is 392 g/mol. The number of methoxy groups -OCH3 is 2. The van der Waals surface area contributed by atoms with E-state index in [9.17, 15) is 4.79 Å². The fourth-order valence-corrected chi connectivity index (χ4v) is 2.92. The zero-order chi connectivity index (χ0) is 19.2. The highest BCUT2D eigenvalue weighted by atomic mass is 35.5. The molecular weight excluding hydrogens is 372 g/mol. The molecule has 1 aromatic heterocycles. The lowest BCUT2D eigenvalue weighted by Crippen LogP contribution is -2.26. The summed E-state index contributed by atoms with van der Waals surface area (Å²) in [5.41, 5.74) is 0.894. The van der Waals surface area contributed by atoms with E-state index in [4.69, 9.17) is 30.5 Å². The number of pyridine rings is 1. The lowest BCUT2D eigenvalue weighted by Gasteiger charge is -2.23. The maximum Gasteiger partial charge on any atom is 0.257 e. The van der Waals surface area contributed by atoms with Crippen LogP contribution in [0.2, 0.25) is 5.02 Å². The highest BCUT2D eigenvalue weighted by molar-refractivity contribution is 6.32. The Hall–Kier alpha value is -2.51. The Labute approximate surface area is 162 Å². The first-order chi connectivity index (χ1) is 13.1. The molecule has 27 heavy (non-hydrogen) atoms. The molecule has 1 amide bonds. The molecule has 0 aliphatic carbocycles. The number of nitrogens with one attached hydrogen (secondary N) is 1. The van der Waals surface area contributed by atoms with Crippen LogP contribution in [0, 0.1) is 0 Å². The number of carbonyl (C=O) groups is 1. The van der Waals surface area contributed by atoms with Crippen molar-refractivity contribution in [1.29, 1.82) is 0 Å². The lowest BCUT2D eigenvalue weighted by atomic mass is 10.1. The van der Waals surface area contributed by atoms with Gasteiger partial charge in [0.15, 0.2) is 11.5 Å². The van der Waals surface area contributed by atoms with Crippen molar-refractivity contribution in [2.24, 2.45) is 0 Å². The topological polar surface area (TPSA) is 78.9 Å². The second-order valence-electron chi connectivity index (χ2n) is 5.96. The quantitative estimate of drug-likeness (QED) is 0.809. The van der Waals surface area contributed by atoms with Crippen LogP contribution in [0.1, 0.15) is 23.2 Å². The number of benzene rings is 1. The second-order valence-corrected chi connectivity index (χ2v) is 6.37. The summed E-state index contributed by atoms with van der Waals surface area (Å²) >= 11 is 6.25. The van der Waals surface area contributed by atoms with E-state index in [2.05, 4.69) is 10.3 Å². The van der Waals surface area contributed by atoms with E-state index in [1.165, 1.54) is 13.3 Å². The number of halogens is 1. The first-order valence-electron chi connectivity index (χ1n) is 8.54. The smallest absolute Gasteiger partial charge is 0.257 e. The van der Waals surface area contributed by atoms with E-state index in [-0.39, 0.29) is 12.0 Å². The predicted octanol–water partition coefficient (Wildman–Crippen LogP) is 3.56. The van der Waals surface area contributed by atoms with Crippen LogP contribution in [-0.2, 0) is 4.74 Å². The van der Waals surface area contributed by atoms with E-state index in [0.717, 1.165) is 12.8 Å². The summed E-state index contributed by atoms with van der Waals surface area (Å²) in [4.78, 5) is 16.7. The summed E-state index contributed by atoms with van der Waals surface area (Å²) in [5.74, 6) is 1.09. The molecule has 2 heterocycles. The summed E-state index contributed by atoms with van der Waals surface area (Å²) in [7, 11) is 3.08. The van der Waals surface area contributed by atoms with Gasteiger partial charge in [-0.15, -0.1) is 0 Å². The zero-order valence-electron chi connectivity index (χ0n) is 15.2. The number of nitrogens with zero attached hydrogens (tertiary/aromatic N) is 1. The Kier molecular flexibility index (Phi) is 6.36. The molecule has 1 fully saturated rings. The Morgan fingerprint density at radius 1 is 1.19 bits per heavy atom. The Balaban J connectivity index is 1.68. The third-order valence-corrected chi connectivity index (χ3v) is 4.43. The van der Waals surface area contributed by atoms with Crippen molar-refractivity contribution in [2.45, 2.75) is 18.9 Å². The first kappa shape index (κ1) is 19.3. The van der Waals surface area contributed by atoms with Gasteiger partial charge in [-0.25, -0.2) is 4.98 Å². The molecule has 1 aromatic carbocycles. The van der Waals surface area contributed by atoms with Gasteiger partial charge in [-0.2, -0.15) is 0 Å². The SMILES string of the molecule is COc1ccc(NC(=O)c2cnc(OC3CCOCC3)c(Cl)c2)cc1OC. The fraction of sp³-hybridized carbons (Fsp3) is 0.368. The average molecular weight is 393 g/mol.